The van der Waals surface area contributed by atoms with Crippen LogP contribution in [-0.2, 0) is 0 Å². The first-order valence-electron chi connectivity index (χ1n) is 6.71. The van der Waals surface area contributed by atoms with Gasteiger partial charge in [-0.25, -0.2) is 4.99 Å². The Bertz CT molecular complexity index is 670. The minimum Gasteiger partial charge on any atom is -0.366 e. The highest BCUT2D eigenvalue weighted by molar-refractivity contribution is 6.14. The number of hydrogen-bond donors (Lipinski definition) is 0. The Balaban J connectivity index is 2.13. The molecule has 2 aromatic carbocycles. The maximum atomic E-state index is 4.82. The third kappa shape index (κ3) is 2.48. The molecule has 0 fully saturated rings. The van der Waals surface area contributed by atoms with E-state index in [1.54, 1.807) is 0 Å². The predicted octanol–water partition coefficient (Wildman–Crippen LogP) is 3.80. The molecule has 2 aromatic rings. The van der Waals surface area contributed by atoms with E-state index < -0.39 is 0 Å². The summed E-state index contributed by atoms with van der Waals surface area (Å²) in [5, 5.41) is 0. The molecule has 0 saturated carbocycles. The molecule has 0 atom stereocenters. The van der Waals surface area contributed by atoms with Gasteiger partial charge in [-0.1, -0.05) is 42.5 Å². The SMILES string of the molecule is CN(C)C1=Nc2ccccc2N=C(c2ccccc2)C1. The highest BCUT2D eigenvalue weighted by atomic mass is 15.1. The summed E-state index contributed by atoms with van der Waals surface area (Å²) in [6.07, 6.45) is 0.742. The molecule has 100 valence electrons. The van der Waals surface area contributed by atoms with E-state index in [1.165, 1.54) is 0 Å². The summed E-state index contributed by atoms with van der Waals surface area (Å²) in [6.45, 7) is 0. The van der Waals surface area contributed by atoms with Gasteiger partial charge in [-0.3, -0.25) is 4.99 Å². The van der Waals surface area contributed by atoms with E-state index in [2.05, 4.69) is 17.0 Å². The first-order valence-corrected chi connectivity index (χ1v) is 6.71. The molecule has 0 saturated heterocycles. The van der Waals surface area contributed by atoms with E-state index in [1.807, 2.05) is 56.6 Å². The van der Waals surface area contributed by atoms with Gasteiger partial charge in [-0.2, -0.15) is 0 Å². The largest absolute Gasteiger partial charge is 0.366 e. The maximum absolute atomic E-state index is 4.82. The van der Waals surface area contributed by atoms with Crippen LogP contribution in [0.15, 0.2) is 64.6 Å². The highest BCUT2D eigenvalue weighted by Gasteiger charge is 2.15. The number of aliphatic imine (C=N–C) groups is 2. The lowest BCUT2D eigenvalue weighted by Gasteiger charge is -2.15. The van der Waals surface area contributed by atoms with Crippen molar-refractivity contribution in [2.24, 2.45) is 9.98 Å². The lowest BCUT2D eigenvalue weighted by atomic mass is 10.1. The van der Waals surface area contributed by atoms with Crippen molar-refractivity contribution in [3.05, 3.63) is 60.2 Å². The summed E-state index contributed by atoms with van der Waals surface area (Å²) >= 11 is 0. The zero-order chi connectivity index (χ0) is 13.9. The molecule has 0 bridgehead atoms. The fourth-order valence-corrected chi connectivity index (χ4v) is 2.22. The van der Waals surface area contributed by atoms with Gasteiger partial charge in [0.15, 0.2) is 0 Å². The maximum Gasteiger partial charge on any atom is 0.110 e. The summed E-state index contributed by atoms with van der Waals surface area (Å²) in [5.41, 5.74) is 4.08. The van der Waals surface area contributed by atoms with Gasteiger partial charge in [-0.15, -0.1) is 0 Å². The molecule has 3 rings (SSSR count). The second-order valence-corrected chi connectivity index (χ2v) is 5.01. The molecule has 1 aliphatic rings. The van der Waals surface area contributed by atoms with Crippen LogP contribution in [0.3, 0.4) is 0 Å². The van der Waals surface area contributed by atoms with Gasteiger partial charge >= 0.3 is 0 Å². The van der Waals surface area contributed by atoms with Crippen LogP contribution in [0.25, 0.3) is 0 Å². The predicted molar refractivity (Wildman–Crippen MR) is 84.5 cm³/mol. The van der Waals surface area contributed by atoms with Crippen LogP contribution in [0.1, 0.15) is 12.0 Å². The van der Waals surface area contributed by atoms with Gasteiger partial charge in [0, 0.05) is 20.5 Å². The molecule has 20 heavy (non-hydrogen) atoms. The summed E-state index contributed by atoms with van der Waals surface area (Å²) in [4.78, 5) is 11.6. The average Bonchev–Trinajstić information content (AvgIpc) is 2.67. The summed E-state index contributed by atoms with van der Waals surface area (Å²) in [7, 11) is 4.05. The minimum absolute atomic E-state index is 0.742. The van der Waals surface area contributed by atoms with Crippen LogP contribution in [0.2, 0.25) is 0 Å². The first-order chi connectivity index (χ1) is 9.74. The Labute approximate surface area is 119 Å². The second-order valence-electron chi connectivity index (χ2n) is 5.01. The van der Waals surface area contributed by atoms with E-state index in [-0.39, 0.29) is 0 Å². The van der Waals surface area contributed by atoms with Crippen molar-refractivity contribution in [2.45, 2.75) is 6.42 Å². The topological polar surface area (TPSA) is 28.0 Å². The Morgan fingerprint density at radius 2 is 1.40 bits per heavy atom. The van der Waals surface area contributed by atoms with Crippen LogP contribution < -0.4 is 0 Å². The van der Waals surface area contributed by atoms with Crippen molar-refractivity contribution in [1.82, 2.24) is 4.90 Å². The fraction of sp³-hybridized carbons (Fsp3) is 0.176. The molecule has 1 heterocycles. The number of benzene rings is 2. The summed E-state index contributed by atoms with van der Waals surface area (Å²) < 4.78 is 0. The molecular formula is C17H17N3. The third-order valence-electron chi connectivity index (χ3n) is 3.34. The van der Waals surface area contributed by atoms with Crippen molar-refractivity contribution >= 4 is 22.9 Å². The van der Waals surface area contributed by atoms with E-state index in [9.17, 15) is 0 Å². The Kier molecular flexibility index (Phi) is 3.33. The van der Waals surface area contributed by atoms with Gasteiger partial charge in [-0.05, 0) is 17.7 Å². The van der Waals surface area contributed by atoms with Gasteiger partial charge in [0.05, 0.1) is 17.1 Å². The molecular weight excluding hydrogens is 246 g/mol. The number of nitrogens with zero attached hydrogens (tertiary/aromatic N) is 3. The van der Waals surface area contributed by atoms with Crippen molar-refractivity contribution in [3.63, 3.8) is 0 Å². The molecule has 0 unspecified atom stereocenters. The quantitative estimate of drug-likeness (QED) is 0.769. The van der Waals surface area contributed by atoms with E-state index >= 15 is 0 Å². The molecule has 3 nitrogen and oxygen atoms in total. The molecule has 0 spiro atoms. The molecule has 0 radical (unpaired) electrons. The molecule has 1 aliphatic heterocycles. The summed E-state index contributed by atoms with van der Waals surface area (Å²) in [5.74, 6) is 1.03. The lowest BCUT2D eigenvalue weighted by molar-refractivity contribution is 0.614. The highest BCUT2D eigenvalue weighted by Crippen LogP contribution is 2.31. The Morgan fingerprint density at radius 1 is 0.800 bits per heavy atom. The van der Waals surface area contributed by atoms with Crippen LogP contribution in [0.4, 0.5) is 11.4 Å². The molecule has 0 N–H and O–H groups in total. The smallest absolute Gasteiger partial charge is 0.110 e. The van der Waals surface area contributed by atoms with Crippen molar-refractivity contribution in [1.29, 1.82) is 0 Å². The van der Waals surface area contributed by atoms with Crippen LogP contribution >= 0.6 is 0 Å². The third-order valence-corrected chi connectivity index (χ3v) is 3.34. The van der Waals surface area contributed by atoms with Crippen LogP contribution in [0, 0.1) is 0 Å². The fourth-order valence-electron chi connectivity index (χ4n) is 2.22. The van der Waals surface area contributed by atoms with Crippen molar-refractivity contribution in [2.75, 3.05) is 14.1 Å². The zero-order valence-electron chi connectivity index (χ0n) is 11.7. The standard InChI is InChI=1S/C17H17N3/c1-20(2)17-12-16(13-8-4-3-5-9-13)18-14-10-6-7-11-15(14)19-17/h3-11H,12H2,1-2H3. The number of hydrogen-bond acceptors (Lipinski definition) is 3. The monoisotopic (exact) mass is 263 g/mol. The van der Waals surface area contributed by atoms with Gasteiger partial charge < -0.3 is 4.90 Å². The number of fused-ring (bicyclic) bond motifs is 1. The van der Waals surface area contributed by atoms with Crippen LogP contribution in [0.5, 0.6) is 0 Å². The normalized spacial score (nSPS) is 13.9. The zero-order valence-corrected chi connectivity index (χ0v) is 11.7. The Hall–Kier alpha value is -2.42. The van der Waals surface area contributed by atoms with Gasteiger partial charge in [0.2, 0.25) is 0 Å². The van der Waals surface area contributed by atoms with Crippen molar-refractivity contribution < 1.29 is 0 Å². The molecule has 0 aromatic heterocycles. The van der Waals surface area contributed by atoms with E-state index in [0.717, 1.165) is 34.9 Å². The molecule has 0 aliphatic carbocycles. The summed E-state index contributed by atoms with van der Waals surface area (Å²) in [6, 6.07) is 18.3. The van der Waals surface area contributed by atoms with Gasteiger partial charge in [0.25, 0.3) is 0 Å². The number of rotatable bonds is 1. The number of amidine groups is 1. The van der Waals surface area contributed by atoms with E-state index in [4.69, 9.17) is 9.98 Å². The lowest BCUT2D eigenvalue weighted by Crippen LogP contribution is -2.24. The molecule has 0 amide bonds. The Morgan fingerprint density at radius 3 is 2.05 bits per heavy atom. The average molecular weight is 263 g/mol. The minimum atomic E-state index is 0.742. The first kappa shape index (κ1) is 12.6. The van der Waals surface area contributed by atoms with E-state index in [0.29, 0.717) is 0 Å². The second kappa shape index (κ2) is 5.29. The number of para-hydroxylation sites is 2. The van der Waals surface area contributed by atoms with Crippen LogP contribution in [-0.4, -0.2) is 30.5 Å². The van der Waals surface area contributed by atoms with Gasteiger partial charge in [0.1, 0.15) is 5.84 Å². The molecule has 3 heteroatoms. The van der Waals surface area contributed by atoms with Crippen molar-refractivity contribution in [3.8, 4) is 0 Å².